The smallest absolute Gasteiger partial charge is 0.222 e. The molecule has 2 aliphatic rings. The minimum Gasteiger partial charge on any atom is -0.352 e. The van der Waals surface area contributed by atoms with Gasteiger partial charge in [0.05, 0.1) is 12.0 Å². The van der Waals surface area contributed by atoms with Gasteiger partial charge in [-0.2, -0.15) is 5.26 Å². The zero-order chi connectivity index (χ0) is 13.7. The number of hydrogen-bond acceptors (Lipinski definition) is 3. The fourth-order valence-corrected chi connectivity index (χ4v) is 3.60. The number of hydrogen-bond donors (Lipinski definition) is 2. The molecule has 0 radical (unpaired) electrons. The monoisotopic (exact) mass is 263 g/mol. The molecule has 0 aromatic carbocycles. The maximum absolute atomic E-state index is 12.2. The quantitative estimate of drug-likeness (QED) is 0.816. The van der Waals surface area contributed by atoms with E-state index in [-0.39, 0.29) is 23.4 Å². The first-order chi connectivity index (χ1) is 9.19. The van der Waals surface area contributed by atoms with Gasteiger partial charge in [0, 0.05) is 18.0 Å². The van der Waals surface area contributed by atoms with Gasteiger partial charge in [0.2, 0.25) is 5.91 Å². The molecule has 4 heteroatoms. The van der Waals surface area contributed by atoms with Crippen LogP contribution in [-0.4, -0.2) is 24.5 Å². The Hall–Kier alpha value is -1.08. The first-order valence-corrected chi connectivity index (χ1v) is 7.57. The van der Waals surface area contributed by atoms with Crippen LogP contribution >= 0.6 is 0 Å². The molecule has 2 atom stereocenters. The van der Waals surface area contributed by atoms with Crippen LogP contribution in [0.4, 0.5) is 0 Å². The van der Waals surface area contributed by atoms with E-state index < -0.39 is 0 Å². The summed E-state index contributed by atoms with van der Waals surface area (Å²) in [7, 11) is 1.96. The predicted octanol–water partition coefficient (Wildman–Crippen LogP) is 2.11. The molecule has 2 N–H and O–H groups in total. The van der Waals surface area contributed by atoms with Crippen LogP contribution < -0.4 is 10.6 Å². The minimum atomic E-state index is -0.0108. The standard InChI is InChI=1S/C15H25N3O/c1-17-15(8-3-2-4-9-15)10-14(19)18-13-7-5-6-12(13)11-16/h12-13,17H,2-10H2,1H3,(H,18,19). The normalized spacial score (nSPS) is 29.7. The van der Waals surface area contributed by atoms with Crippen molar-refractivity contribution in [3.63, 3.8) is 0 Å². The zero-order valence-corrected chi connectivity index (χ0v) is 11.9. The van der Waals surface area contributed by atoms with Crippen LogP contribution in [0.2, 0.25) is 0 Å². The van der Waals surface area contributed by atoms with Gasteiger partial charge in [-0.05, 0) is 39.2 Å². The van der Waals surface area contributed by atoms with Gasteiger partial charge in [-0.25, -0.2) is 0 Å². The summed E-state index contributed by atoms with van der Waals surface area (Å²) in [6.45, 7) is 0. The fraction of sp³-hybridized carbons (Fsp3) is 0.867. The Labute approximate surface area is 115 Å². The number of amides is 1. The van der Waals surface area contributed by atoms with Gasteiger partial charge in [-0.3, -0.25) is 4.79 Å². The van der Waals surface area contributed by atoms with Crippen LogP contribution in [0.1, 0.15) is 57.8 Å². The van der Waals surface area contributed by atoms with Crippen LogP contribution in [0.25, 0.3) is 0 Å². The van der Waals surface area contributed by atoms with E-state index in [1.165, 1.54) is 19.3 Å². The fourth-order valence-electron chi connectivity index (χ4n) is 3.60. The summed E-state index contributed by atoms with van der Waals surface area (Å²) in [5.74, 6) is 0.129. The molecule has 19 heavy (non-hydrogen) atoms. The van der Waals surface area contributed by atoms with E-state index in [1.807, 2.05) is 7.05 Å². The summed E-state index contributed by atoms with van der Waals surface area (Å²) < 4.78 is 0. The van der Waals surface area contributed by atoms with E-state index in [2.05, 4.69) is 16.7 Å². The second-order valence-corrected chi connectivity index (χ2v) is 6.11. The molecule has 2 saturated carbocycles. The van der Waals surface area contributed by atoms with Crippen LogP contribution in [0, 0.1) is 17.2 Å². The molecule has 2 rings (SSSR count). The number of rotatable bonds is 4. The Kier molecular flexibility index (Phi) is 4.81. The third-order valence-corrected chi connectivity index (χ3v) is 4.87. The first kappa shape index (κ1) is 14.3. The highest BCUT2D eigenvalue weighted by Gasteiger charge is 2.34. The molecule has 2 fully saturated rings. The summed E-state index contributed by atoms with van der Waals surface area (Å²) in [5, 5.41) is 15.5. The third kappa shape index (κ3) is 3.48. The largest absolute Gasteiger partial charge is 0.352 e. The summed E-state index contributed by atoms with van der Waals surface area (Å²) in [6.07, 6.45) is 9.36. The highest BCUT2D eigenvalue weighted by molar-refractivity contribution is 5.77. The van der Waals surface area contributed by atoms with Crippen molar-refractivity contribution >= 4 is 5.91 Å². The Morgan fingerprint density at radius 3 is 2.63 bits per heavy atom. The average molecular weight is 263 g/mol. The lowest BCUT2D eigenvalue weighted by Crippen LogP contribution is -2.49. The lowest BCUT2D eigenvalue weighted by Gasteiger charge is -2.37. The SMILES string of the molecule is CNC1(CC(=O)NC2CCCC2C#N)CCCCC1. The van der Waals surface area contributed by atoms with Gasteiger partial charge in [-0.15, -0.1) is 0 Å². The number of nitriles is 1. The van der Waals surface area contributed by atoms with E-state index in [4.69, 9.17) is 5.26 Å². The molecule has 0 spiro atoms. The molecule has 4 nitrogen and oxygen atoms in total. The van der Waals surface area contributed by atoms with E-state index >= 15 is 0 Å². The van der Waals surface area contributed by atoms with Crippen molar-refractivity contribution in [3.05, 3.63) is 0 Å². The van der Waals surface area contributed by atoms with Crippen molar-refractivity contribution in [2.45, 2.75) is 69.4 Å². The Bertz CT molecular complexity index is 355. The molecule has 0 aliphatic heterocycles. The Morgan fingerprint density at radius 2 is 2.00 bits per heavy atom. The topological polar surface area (TPSA) is 64.9 Å². The van der Waals surface area contributed by atoms with Crippen molar-refractivity contribution in [3.8, 4) is 6.07 Å². The second-order valence-electron chi connectivity index (χ2n) is 6.11. The lowest BCUT2D eigenvalue weighted by atomic mass is 9.79. The van der Waals surface area contributed by atoms with Crippen molar-refractivity contribution < 1.29 is 4.79 Å². The van der Waals surface area contributed by atoms with Crippen molar-refractivity contribution in [2.24, 2.45) is 5.92 Å². The number of nitrogens with one attached hydrogen (secondary N) is 2. The van der Waals surface area contributed by atoms with E-state index in [9.17, 15) is 4.79 Å². The average Bonchev–Trinajstić information content (AvgIpc) is 2.86. The van der Waals surface area contributed by atoms with Crippen molar-refractivity contribution in [1.82, 2.24) is 10.6 Å². The third-order valence-electron chi connectivity index (χ3n) is 4.87. The predicted molar refractivity (Wildman–Crippen MR) is 74.4 cm³/mol. The molecule has 0 saturated heterocycles. The van der Waals surface area contributed by atoms with Gasteiger partial charge >= 0.3 is 0 Å². The van der Waals surface area contributed by atoms with E-state index in [1.54, 1.807) is 0 Å². The van der Waals surface area contributed by atoms with Gasteiger partial charge in [-0.1, -0.05) is 19.3 Å². The lowest BCUT2D eigenvalue weighted by molar-refractivity contribution is -0.123. The highest BCUT2D eigenvalue weighted by Crippen LogP contribution is 2.31. The van der Waals surface area contributed by atoms with Crippen molar-refractivity contribution in [1.29, 1.82) is 5.26 Å². The molecule has 0 heterocycles. The number of carbonyl (C=O) groups excluding carboxylic acids is 1. The Morgan fingerprint density at radius 1 is 1.26 bits per heavy atom. The minimum absolute atomic E-state index is 0.0108. The first-order valence-electron chi connectivity index (χ1n) is 7.57. The molecular weight excluding hydrogens is 238 g/mol. The molecule has 106 valence electrons. The number of carbonyl (C=O) groups is 1. The zero-order valence-electron chi connectivity index (χ0n) is 11.9. The molecule has 1 amide bonds. The van der Waals surface area contributed by atoms with Crippen LogP contribution in [0.5, 0.6) is 0 Å². The number of nitrogens with zero attached hydrogens (tertiary/aromatic N) is 1. The molecule has 0 aromatic rings. The highest BCUT2D eigenvalue weighted by atomic mass is 16.1. The van der Waals surface area contributed by atoms with Crippen LogP contribution in [-0.2, 0) is 4.79 Å². The summed E-state index contributed by atoms with van der Waals surface area (Å²) in [6, 6.07) is 2.39. The van der Waals surface area contributed by atoms with E-state index in [0.29, 0.717) is 6.42 Å². The van der Waals surface area contributed by atoms with Crippen LogP contribution in [0.3, 0.4) is 0 Å². The van der Waals surface area contributed by atoms with E-state index in [0.717, 1.165) is 32.1 Å². The Balaban J connectivity index is 1.88. The van der Waals surface area contributed by atoms with Gasteiger partial charge in [0.25, 0.3) is 0 Å². The second kappa shape index (κ2) is 6.38. The van der Waals surface area contributed by atoms with Crippen LogP contribution in [0.15, 0.2) is 0 Å². The molecule has 2 aliphatic carbocycles. The molecule has 2 unspecified atom stereocenters. The maximum Gasteiger partial charge on any atom is 0.222 e. The van der Waals surface area contributed by atoms with Gasteiger partial charge < -0.3 is 10.6 Å². The maximum atomic E-state index is 12.2. The summed E-state index contributed by atoms with van der Waals surface area (Å²) in [4.78, 5) is 12.2. The molecule has 0 aromatic heterocycles. The van der Waals surface area contributed by atoms with Gasteiger partial charge in [0.15, 0.2) is 0 Å². The molecular formula is C15H25N3O. The summed E-state index contributed by atoms with van der Waals surface area (Å²) in [5.41, 5.74) is -0.0108. The van der Waals surface area contributed by atoms with Gasteiger partial charge in [0.1, 0.15) is 0 Å². The summed E-state index contributed by atoms with van der Waals surface area (Å²) >= 11 is 0. The van der Waals surface area contributed by atoms with Crippen molar-refractivity contribution in [2.75, 3.05) is 7.05 Å². The molecule has 0 bridgehead atoms.